The van der Waals surface area contributed by atoms with Crippen LogP contribution in [-0.2, 0) is 14.3 Å². The molecule has 0 radical (unpaired) electrons. The van der Waals surface area contributed by atoms with Crippen LogP contribution in [0.2, 0.25) is 0 Å². The number of carboxylic acids is 1. The minimum Gasteiger partial charge on any atom is -0.481 e. The number of carbonyl (C=O) groups is 3. The zero-order chi connectivity index (χ0) is 24.1. The van der Waals surface area contributed by atoms with E-state index in [1.54, 1.807) is 4.90 Å². The Hall–Kier alpha value is -3.35. The average molecular weight is 465 g/mol. The molecular weight excluding hydrogens is 432 g/mol. The normalized spacial score (nSPS) is 18.0. The average Bonchev–Trinajstić information content (AvgIpc) is 3.16. The van der Waals surface area contributed by atoms with Crippen LogP contribution in [0.1, 0.15) is 62.5 Å². The predicted molar refractivity (Wildman–Crippen MR) is 129 cm³/mol. The largest absolute Gasteiger partial charge is 0.481 e. The highest BCUT2D eigenvalue weighted by molar-refractivity contribution is 5.86. The summed E-state index contributed by atoms with van der Waals surface area (Å²) in [7, 11) is 0. The van der Waals surface area contributed by atoms with Crippen molar-refractivity contribution in [2.75, 3.05) is 13.2 Å². The Bertz CT molecular complexity index is 1010. The van der Waals surface area contributed by atoms with Crippen molar-refractivity contribution in [3.63, 3.8) is 0 Å². The number of carbonyl (C=O) groups excluding carboxylic acids is 2. The number of rotatable bonds is 8. The van der Waals surface area contributed by atoms with Crippen molar-refractivity contribution in [1.29, 1.82) is 0 Å². The summed E-state index contributed by atoms with van der Waals surface area (Å²) in [4.78, 5) is 38.9. The number of alkyl carbamates (subject to hydrolysis) is 1. The van der Waals surface area contributed by atoms with Gasteiger partial charge in [0, 0.05) is 18.5 Å². The molecule has 7 heteroatoms. The summed E-state index contributed by atoms with van der Waals surface area (Å²) in [5.74, 6) is -1.19. The molecule has 1 aliphatic carbocycles. The molecular formula is C27H32N2O5. The standard InChI is InChI=1S/C27H32N2O5/c1-2-9-24(26(32)29-15-8-7-10-18(29)16-25(30)31)28-27(33)34-17-23-21-13-5-3-11-19(21)20-12-4-6-14-22(20)23/h3-6,11-14,18,23-24H,2,7-10,15-17H2,1H3,(H,28,33)(H,30,31)/t18-,24+/m0/s1. The molecule has 0 aromatic heterocycles. The van der Waals surface area contributed by atoms with Gasteiger partial charge in [-0.1, -0.05) is 61.9 Å². The third-order valence-electron chi connectivity index (χ3n) is 6.83. The maximum atomic E-state index is 13.3. The number of fused-ring (bicyclic) bond motifs is 3. The highest BCUT2D eigenvalue weighted by Crippen LogP contribution is 2.44. The lowest BCUT2D eigenvalue weighted by atomic mass is 9.97. The van der Waals surface area contributed by atoms with Crippen molar-refractivity contribution in [1.82, 2.24) is 10.2 Å². The first-order valence-electron chi connectivity index (χ1n) is 12.1. The number of aliphatic carboxylic acids is 1. The van der Waals surface area contributed by atoms with Crippen molar-refractivity contribution in [3.05, 3.63) is 59.7 Å². The van der Waals surface area contributed by atoms with Gasteiger partial charge in [0.25, 0.3) is 0 Å². The molecule has 2 atom stereocenters. The second-order valence-corrected chi connectivity index (χ2v) is 9.09. The molecule has 1 aliphatic heterocycles. The summed E-state index contributed by atoms with van der Waals surface area (Å²) in [6.45, 7) is 2.65. The molecule has 7 nitrogen and oxygen atoms in total. The van der Waals surface area contributed by atoms with Gasteiger partial charge in [-0.2, -0.15) is 0 Å². The fraction of sp³-hybridized carbons (Fsp3) is 0.444. The SMILES string of the molecule is CCC[C@@H](NC(=O)OCC1c2ccccc2-c2ccccc21)C(=O)N1CCCC[C@H]1CC(=O)O. The van der Waals surface area contributed by atoms with Crippen LogP contribution in [0.25, 0.3) is 11.1 Å². The molecule has 2 aromatic carbocycles. The molecule has 34 heavy (non-hydrogen) atoms. The van der Waals surface area contributed by atoms with Gasteiger partial charge in [-0.25, -0.2) is 4.79 Å². The van der Waals surface area contributed by atoms with E-state index >= 15 is 0 Å². The number of likely N-dealkylation sites (tertiary alicyclic amines) is 1. The summed E-state index contributed by atoms with van der Waals surface area (Å²) in [5, 5.41) is 12.0. The molecule has 2 N–H and O–H groups in total. The minimum atomic E-state index is -0.916. The monoisotopic (exact) mass is 464 g/mol. The Morgan fingerprint density at radius 3 is 2.32 bits per heavy atom. The molecule has 0 spiro atoms. The van der Waals surface area contributed by atoms with E-state index in [2.05, 4.69) is 29.6 Å². The maximum Gasteiger partial charge on any atom is 0.407 e. The number of benzene rings is 2. The van der Waals surface area contributed by atoms with E-state index in [1.807, 2.05) is 31.2 Å². The van der Waals surface area contributed by atoms with Gasteiger partial charge in [0.2, 0.25) is 5.91 Å². The smallest absolute Gasteiger partial charge is 0.407 e. The summed E-state index contributed by atoms with van der Waals surface area (Å²) in [5.41, 5.74) is 4.56. The molecule has 2 amide bonds. The van der Waals surface area contributed by atoms with Crippen LogP contribution in [0, 0.1) is 0 Å². The van der Waals surface area contributed by atoms with Crippen LogP contribution in [-0.4, -0.2) is 53.2 Å². The van der Waals surface area contributed by atoms with Crippen molar-refractivity contribution in [2.24, 2.45) is 0 Å². The third kappa shape index (κ3) is 5.08. The number of piperidine rings is 1. The summed E-state index contributed by atoms with van der Waals surface area (Å²) >= 11 is 0. The van der Waals surface area contributed by atoms with Crippen molar-refractivity contribution >= 4 is 18.0 Å². The van der Waals surface area contributed by atoms with Gasteiger partial charge in [0.15, 0.2) is 0 Å². The number of amides is 2. The van der Waals surface area contributed by atoms with Crippen molar-refractivity contribution < 1.29 is 24.2 Å². The molecule has 0 unspecified atom stereocenters. The van der Waals surface area contributed by atoms with E-state index in [9.17, 15) is 19.5 Å². The fourth-order valence-electron chi connectivity index (χ4n) is 5.23. The number of carboxylic acid groups (broad SMARTS) is 1. The van der Waals surface area contributed by atoms with E-state index in [4.69, 9.17) is 4.74 Å². The first kappa shape index (κ1) is 23.8. The highest BCUT2D eigenvalue weighted by atomic mass is 16.5. The number of nitrogens with one attached hydrogen (secondary N) is 1. The Kier molecular flexibility index (Phi) is 7.50. The number of hydrogen-bond donors (Lipinski definition) is 2. The molecule has 1 saturated heterocycles. The highest BCUT2D eigenvalue weighted by Gasteiger charge is 2.34. The van der Waals surface area contributed by atoms with E-state index in [-0.39, 0.29) is 30.9 Å². The Morgan fingerprint density at radius 1 is 1.06 bits per heavy atom. The second kappa shape index (κ2) is 10.7. The van der Waals surface area contributed by atoms with Crippen molar-refractivity contribution in [2.45, 2.75) is 63.5 Å². The first-order valence-corrected chi connectivity index (χ1v) is 12.1. The van der Waals surface area contributed by atoms with Crippen LogP contribution >= 0.6 is 0 Å². The minimum absolute atomic E-state index is 0.0551. The van der Waals surface area contributed by atoms with Crippen molar-refractivity contribution in [3.8, 4) is 11.1 Å². The summed E-state index contributed by atoms with van der Waals surface area (Å²) in [6, 6.07) is 15.2. The van der Waals surface area contributed by atoms with E-state index in [1.165, 1.54) is 0 Å². The maximum absolute atomic E-state index is 13.3. The van der Waals surface area contributed by atoms with Gasteiger partial charge in [0.05, 0.1) is 6.42 Å². The Balaban J connectivity index is 1.42. The zero-order valence-corrected chi connectivity index (χ0v) is 19.5. The van der Waals surface area contributed by atoms with Gasteiger partial charge >= 0.3 is 12.1 Å². The number of nitrogens with zero attached hydrogens (tertiary/aromatic N) is 1. The predicted octanol–water partition coefficient (Wildman–Crippen LogP) is 4.55. The van der Waals surface area contributed by atoms with Gasteiger partial charge in [-0.3, -0.25) is 9.59 Å². The zero-order valence-electron chi connectivity index (χ0n) is 19.5. The summed E-state index contributed by atoms with van der Waals surface area (Å²) in [6.07, 6.45) is 2.89. The van der Waals surface area contributed by atoms with Gasteiger partial charge in [0.1, 0.15) is 12.6 Å². The Labute approximate surface area is 200 Å². The van der Waals surface area contributed by atoms with E-state index in [0.29, 0.717) is 25.8 Å². The topological polar surface area (TPSA) is 95.9 Å². The van der Waals surface area contributed by atoms with E-state index < -0.39 is 18.1 Å². The third-order valence-corrected chi connectivity index (χ3v) is 6.83. The van der Waals surface area contributed by atoms with Gasteiger partial charge in [-0.15, -0.1) is 0 Å². The number of hydrogen-bond acceptors (Lipinski definition) is 4. The van der Waals surface area contributed by atoms with Gasteiger partial charge in [-0.05, 0) is 47.9 Å². The molecule has 0 saturated carbocycles. The lowest BCUT2D eigenvalue weighted by Gasteiger charge is -2.37. The van der Waals surface area contributed by atoms with Crippen LogP contribution in [0.3, 0.4) is 0 Å². The number of ether oxygens (including phenoxy) is 1. The fourth-order valence-corrected chi connectivity index (χ4v) is 5.23. The molecule has 2 aliphatic rings. The van der Waals surface area contributed by atoms with Crippen LogP contribution in [0.15, 0.2) is 48.5 Å². The summed E-state index contributed by atoms with van der Waals surface area (Å²) < 4.78 is 5.63. The molecule has 1 fully saturated rings. The van der Waals surface area contributed by atoms with Crippen LogP contribution in [0.4, 0.5) is 4.79 Å². The molecule has 1 heterocycles. The second-order valence-electron chi connectivity index (χ2n) is 9.09. The molecule has 2 aromatic rings. The lowest BCUT2D eigenvalue weighted by Crippen LogP contribution is -2.54. The van der Waals surface area contributed by atoms with Crippen LogP contribution in [0.5, 0.6) is 0 Å². The Morgan fingerprint density at radius 2 is 1.71 bits per heavy atom. The van der Waals surface area contributed by atoms with E-state index in [0.717, 1.165) is 35.1 Å². The molecule has 180 valence electrons. The van der Waals surface area contributed by atoms with Gasteiger partial charge < -0.3 is 20.1 Å². The first-order chi connectivity index (χ1) is 16.5. The molecule has 4 rings (SSSR count). The van der Waals surface area contributed by atoms with Crippen LogP contribution < -0.4 is 5.32 Å². The lowest BCUT2D eigenvalue weighted by molar-refractivity contribution is -0.143. The quantitative estimate of drug-likeness (QED) is 0.598. The molecule has 0 bridgehead atoms.